The molecule has 0 aliphatic carbocycles. The van der Waals surface area contributed by atoms with Crippen LogP contribution in [0.2, 0.25) is 0 Å². The van der Waals surface area contributed by atoms with E-state index in [9.17, 15) is 14.2 Å². The number of phosphoric ester groups is 1. The van der Waals surface area contributed by atoms with E-state index in [1.54, 1.807) is 6.92 Å². The topological polar surface area (TPSA) is 100 Å². The van der Waals surface area contributed by atoms with Crippen molar-refractivity contribution in [3.63, 3.8) is 0 Å². The van der Waals surface area contributed by atoms with Gasteiger partial charge in [0.25, 0.3) is 0 Å². The van der Waals surface area contributed by atoms with Gasteiger partial charge < -0.3 is 10.1 Å². The third kappa shape index (κ3) is 34.1. The van der Waals surface area contributed by atoms with Crippen molar-refractivity contribution in [2.45, 2.75) is 245 Å². The lowest BCUT2D eigenvalue weighted by molar-refractivity contribution is -0.152. The molecule has 1 unspecified atom stereocenters. The first-order valence-corrected chi connectivity index (χ1v) is 24.4. The number of esters is 1. The molecule has 9 heteroatoms. The summed E-state index contributed by atoms with van der Waals surface area (Å²) < 4.78 is 36.2. The molecule has 0 radical (unpaired) electrons. The third-order valence-corrected chi connectivity index (χ3v) is 11.7. The lowest BCUT2D eigenvalue weighted by Gasteiger charge is -2.29. The standard InChI is InChI=1S/C45H88NO7P/c1-6-11-14-17-20-23-24-27-29-32-35-38-44(47)46-42(41-52-54(49,50-10-5)51-40-9-4)43(37-34-31-28-25-21-18-15-12-7-2)53-45(48)39-36-33-30-26-22-19-16-13-8-3/h9,42-43H,4,6-8,10-41H2,1-3,5H3,(H,46,47)/t42-,43-,54?/m0/s1. The molecule has 0 aromatic heterocycles. The monoisotopic (exact) mass is 786 g/mol. The van der Waals surface area contributed by atoms with Crippen LogP contribution in [0.5, 0.6) is 0 Å². The molecule has 0 saturated heterocycles. The third-order valence-electron chi connectivity index (χ3n) is 10.2. The zero-order valence-electron chi connectivity index (χ0n) is 36.0. The highest BCUT2D eigenvalue weighted by molar-refractivity contribution is 7.48. The van der Waals surface area contributed by atoms with E-state index in [0.717, 1.165) is 57.8 Å². The van der Waals surface area contributed by atoms with Crippen molar-refractivity contribution in [1.82, 2.24) is 5.32 Å². The lowest BCUT2D eigenvalue weighted by Crippen LogP contribution is -2.48. The Morgan fingerprint density at radius 1 is 0.556 bits per heavy atom. The minimum absolute atomic E-state index is 0.00274. The molecule has 54 heavy (non-hydrogen) atoms. The number of amides is 1. The second-order valence-electron chi connectivity index (χ2n) is 15.4. The van der Waals surface area contributed by atoms with Crippen LogP contribution < -0.4 is 5.32 Å². The molecule has 1 N–H and O–H groups in total. The van der Waals surface area contributed by atoms with Crippen molar-refractivity contribution >= 4 is 19.7 Å². The second kappa shape index (κ2) is 40.0. The predicted molar refractivity (Wildman–Crippen MR) is 228 cm³/mol. The van der Waals surface area contributed by atoms with Crippen molar-refractivity contribution in [2.24, 2.45) is 0 Å². The fraction of sp³-hybridized carbons (Fsp3) is 0.911. The maximum absolute atomic E-state index is 13.4. The Morgan fingerprint density at radius 3 is 1.39 bits per heavy atom. The Morgan fingerprint density at radius 2 is 0.963 bits per heavy atom. The molecule has 8 nitrogen and oxygen atoms in total. The number of carbonyl (C=O) groups is 2. The van der Waals surface area contributed by atoms with E-state index in [-0.39, 0.29) is 31.7 Å². The summed E-state index contributed by atoms with van der Waals surface area (Å²) in [6.45, 7) is 12.1. The summed E-state index contributed by atoms with van der Waals surface area (Å²) in [6, 6.07) is -0.674. The van der Waals surface area contributed by atoms with Crippen LogP contribution in [-0.4, -0.2) is 43.8 Å². The van der Waals surface area contributed by atoms with Gasteiger partial charge in [0.1, 0.15) is 6.10 Å². The van der Waals surface area contributed by atoms with Gasteiger partial charge in [0.15, 0.2) is 0 Å². The summed E-state index contributed by atoms with van der Waals surface area (Å²) in [7, 11) is -3.91. The molecule has 0 fully saturated rings. The lowest BCUT2D eigenvalue weighted by atomic mass is 10.0. The Balaban J connectivity index is 5.39. The van der Waals surface area contributed by atoms with Gasteiger partial charge in [-0.3, -0.25) is 23.2 Å². The molecule has 0 rings (SSSR count). The van der Waals surface area contributed by atoms with Gasteiger partial charge in [-0.2, -0.15) is 0 Å². The zero-order chi connectivity index (χ0) is 39.8. The first-order chi connectivity index (χ1) is 26.4. The molecule has 0 bridgehead atoms. The van der Waals surface area contributed by atoms with Gasteiger partial charge in [-0.05, 0) is 32.6 Å². The highest BCUT2D eigenvalue weighted by Gasteiger charge is 2.32. The average molecular weight is 786 g/mol. The Labute approximate surface area is 334 Å². The number of unbranched alkanes of at least 4 members (excludes halogenated alkanes) is 26. The van der Waals surface area contributed by atoms with Crippen molar-refractivity contribution in [1.29, 1.82) is 0 Å². The number of phosphoric acid groups is 1. The van der Waals surface area contributed by atoms with E-state index in [1.165, 1.54) is 134 Å². The van der Waals surface area contributed by atoms with Gasteiger partial charge in [0.2, 0.25) is 5.91 Å². The minimum atomic E-state index is -3.91. The maximum atomic E-state index is 13.4. The molecule has 0 saturated carbocycles. The Hall–Kier alpha value is -1.21. The predicted octanol–water partition coefficient (Wildman–Crippen LogP) is 14.3. The molecule has 1 amide bonds. The van der Waals surface area contributed by atoms with Crippen LogP contribution in [0.25, 0.3) is 0 Å². The number of rotatable bonds is 43. The molecule has 0 aromatic rings. The van der Waals surface area contributed by atoms with Crippen LogP contribution in [0.3, 0.4) is 0 Å². The zero-order valence-corrected chi connectivity index (χ0v) is 36.9. The second-order valence-corrected chi connectivity index (χ2v) is 17.1. The minimum Gasteiger partial charge on any atom is -0.460 e. The smallest absolute Gasteiger partial charge is 0.460 e. The van der Waals surface area contributed by atoms with Gasteiger partial charge in [-0.15, -0.1) is 6.58 Å². The van der Waals surface area contributed by atoms with E-state index in [0.29, 0.717) is 19.3 Å². The van der Waals surface area contributed by atoms with Crippen molar-refractivity contribution in [2.75, 3.05) is 19.8 Å². The summed E-state index contributed by atoms with van der Waals surface area (Å²) in [4.78, 5) is 26.6. The normalized spacial score (nSPS) is 13.7. The van der Waals surface area contributed by atoms with E-state index in [1.807, 2.05) is 0 Å². The van der Waals surface area contributed by atoms with Crippen molar-refractivity contribution < 1.29 is 32.5 Å². The summed E-state index contributed by atoms with van der Waals surface area (Å²) in [5.74, 6) is -0.357. The van der Waals surface area contributed by atoms with Crippen LogP contribution >= 0.6 is 7.82 Å². The molecular weight excluding hydrogens is 697 g/mol. The van der Waals surface area contributed by atoms with Gasteiger partial charge in [0, 0.05) is 12.8 Å². The molecule has 3 atom stereocenters. The fourth-order valence-electron chi connectivity index (χ4n) is 6.86. The number of nitrogens with one attached hydrogen (secondary N) is 1. The number of ether oxygens (including phenoxy) is 1. The summed E-state index contributed by atoms with van der Waals surface area (Å²) >= 11 is 0. The quantitative estimate of drug-likeness (QED) is 0.0284. The van der Waals surface area contributed by atoms with Crippen LogP contribution in [0.15, 0.2) is 12.7 Å². The van der Waals surface area contributed by atoms with Crippen LogP contribution in [0, 0.1) is 0 Å². The fourth-order valence-corrected chi connectivity index (χ4v) is 8.03. The van der Waals surface area contributed by atoms with Gasteiger partial charge in [0.05, 0.1) is 25.9 Å². The first-order valence-electron chi connectivity index (χ1n) is 23.0. The molecule has 0 spiro atoms. The van der Waals surface area contributed by atoms with E-state index < -0.39 is 20.0 Å². The number of carbonyl (C=O) groups excluding carboxylic acids is 2. The number of hydrogen-bond acceptors (Lipinski definition) is 7. The molecule has 0 aliphatic rings. The highest BCUT2D eigenvalue weighted by Crippen LogP contribution is 2.49. The molecular formula is C45H88NO7P. The SMILES string of the molecule is C=CCOP(=O)(OCC)OC[C@H](NC(=O)CCCCCCCCCCCCC)[C@H](CCCCCCCCCCC)OC(=O)CCCCCCCCCCC. The van der Waals surface area contributed by atoms with Crippen molar-refractivity contribution in [3.8, 4) is 0 Å². The maximum Gasteiger partial charge on any atom is 0.475 e. The van der Waals surface area contributed by atoms with Gasteiger partial charge in [-0.1, -0.05) is 194 Å². The summed E-state index contributed by atoms with van der Waals surface area (Å²) in [6.07, 6.45) is 36.7. The number of hydrogen-bond donors (Lipinski definition) is 1. The Bertz CT molecular complexity index is 901. The van der Waals surface area contributed by atoms with Crippen LogP contribution in [0.4, 0.5) is 0 Å². The summed E-state index contributed by atoms with van der Waals surface area (Å²) in [5, 5.41) is 3.12. The van der Waals surface area contributed by atoms with Gasteiger partial charge >= 0.3 is 13.8 Å². The Kier molecular flexibility index (Phi) is 39.1. The first kappa shape index (κ1) is 52.8. The largest absolute Gasteiger partial charge is 0.475 e. The average Bonchev–Trinajstić information content (AvgIpc) is 3.16. The molecule has 0 aliphatic heterocycles. The molecule has 0 heterocycles. The van der Waals surface area contributed by atoms with Crippen LogP contribution in [0.1, 0.15) is 233 Å². The molecule has 0 aromatic carbocycles. The van der Waals surface area contributed by atoms with E-state index in [4.69, 9.17) is 18.3 Å². The van der Waals surface area contributed by atoms with Gasteiger partial charge in [-0.25, -0.2) is 4.57 Å². The van der Waals surface area contributed by atoms with Crippen molar-refractivity contribution in [3.05, 3.63) is 12.7 Å². The van der Waals surface area contributed by atoms with E-state index in [2.05, 4.69) is 32.7 Å². The molecule has 320 valence electrons. The highest BCUT2D eigenvalue weighted by atomic mass is 31.2. The van der Waals surface area contributed by atoms with Crippen LogP contribution in [-0.2, 0) is 32.5 Å². The summed E-state index contributed by atoms with van der Waals surface area (Å²) in [5.41, 5.74) is 0. The van der Waals surface area contributed by atoms with E-state index >= 15 is 0 Å².